The third-order valence-electron chi connectivity index (χ3n) is 3.29. The van der Waals surface area contributed by atoms with Gasteiger partial charge in [0.05, 0.1) is 23.9 Å². The Bertz CT molecular complexity index is 645. The molecule has 0 spiro atoms. The van der Waals surface area contributed by atoms with Crippen LogP contribution in [0.3, 0.4) is 0 Å². The van der Waals surface area contributed by atoms with E-state index in [1.807, 2.05) is 24.4 Å². The summed E-state index contributed by atoms with van der Waals surface area (Å²) in [4.78, 5) is 16.1. The second-order valence-electron chi connectivity index (χ2n) is 5.00. The van der Waals surface area contributed by atoms with Crippen LogP contribution in [0.5, 0.6) is 5.75 Å². The SMILES string of the molecule is COc1ccccc1C(O)CNC(=O)NCCc1csc(C)n1. The van der Waals surface area contributed by atoms with Crippen LogP contribution in [-0.2, 0) is 6.42 Å². The molecule has 2 amide bonds. The number of urea groups is 1. The van der Waals surface area contributed by atoms with Crippen LogP contribution in [0.4, 0.5) is 4.79 Å². The minimum absolute atomic E-state index is 0.113. The molecule has 1 heterocycles. The first-order chi connectivity index (χ1) is 11.1. The minimum Gasteiger partial charge on any atom is -0.496 e. The van der Waals surface area contributed by atoms with E-state index in [-0.39, 0.29) is 12.6 Å². The van der Waals surface area contributed by atoms with Gasteiger partial charge in [-0.05, 0) is 13.0 Å². The fourth-order valence-corrected chi connectivity index (χ4v) is 2.78. The molecule has 0 radical (unpaired) electrons. The highest BCUT2D eigenvalue weighted by Crippen LogP contribution is 2.23. The minimum atomic E-state index is -0.821. The summed E-state index contributed by atoms with van der Waals surface area (Å²) in [5.74, 6) is 0.598. The number of rotatable bonds is 7. The van der Waals surface area contributed by atoms with Crippen molar-refractivity contribution >= 4 is 17.4 Å². The van der Waals surface area contributed by atoms with E-state index in [4.69, 9.17) is 4.74 Å². The van der Waals surface area contributed by atoms with Crippen LogP contribution in [-0.4, -0.2) is 36.3 Å². The Morgan fingerprint density at radius 1 is 1.39 bits per heavy atom. The van der Waals surface area contributed by atoms with Gasteiger partial charge < -0.3 is 20.5 Å². The van der Waals surface area contributed by atoms with Gasteiger partial charge >= 0.3 is 6.03 Å². The van der Waals surface area contributed by atoms with E-state index in [0.29, 0.717) is 24.3 Å². The van der Waals surface area contributed by atoms with Crippen molar-refractivity contribution < 1.29 is 14.6 Å². The lowest BCUT2D eigenvalue weighted by molar-refractivity contribution is 0.169. The number of ether oxygens (including phenoxy) is 1. The molecule has 124 valence electrons. The Morgan fingerprint density at radius 2 is 2.17 bits per heavy atom. The molecule has 1 atom stereocenters. The smallest absolute Gasteiger partial charge is 0.314 e. The number of nitrogens with zero attached hydrogens (tertiary/aromatic N) is 1. The molecule has 3 N–H and O–H groups in total. The molecule has 1 aromatic heterocycles. The van der Waals surface area contributed by atoms with Crippen LogP contribution in [0.15, 0.2) is 29.6 Å². The van der Waals surface area contributed by atoms with Gasteiger partial charge in [-0.1, -0.05) is 18.2 Å². The van der Waals surface area contributed by atoms with Crippen LogP contribution in [0.25, 0.3) is 0 Å². The second kappa shape index (κ2) is 8.50. The highest BCUT2D eigenvalue weighted by atomic mass is 32.1. The van der Waals surface area contributed by atoms with Crippen molar-refractivity contribution in [1.82, 2.24) is 15.6 Å². The first-order valence-corrected chi connectivity index (χ1v) is 8.21. The molecular weight excluding hydrogens is 314 g/mol. The molecule has 2 aromatic rings. The van der Waals surface area contributed by atoms with E-state index >= 15 is 0 Å². The van der Waals surface area contributed by atoms with Gasteiger partial charge in [-0.3, -0.25) is 0 Å². The highest BCUT2D eigenvalue weighted by molar-refractivity contribution is 7.09. The Labute approximate surface area is 139 Å². The molecule has 2 rings (SSSR count). The molecule has 0 saturated carbocycles. The number of thiazole rings is 1. The van der Waals surface area contributed by atoms with E-state index in [1.165, 1.54) is 0 Å². The van der Waals surface area contributed by atoms with Gasteiger partial charge in [-0.2, -0.15) is 0 Å². The number of para-hydroxylation sites is 1. The fraction of sp³-hybridized carbons (Fsp3) is 0.375. The molecule has 1 aromatic carbocycles. The average molecular weight is 335 g/mol. The maximum Gasteiger partial charge on any atom is 0.314 e. The Kier molecular flexibility index (Phi) is 6.37. The number of hydrogen-bond donors (Lipinski definition) is 3. The molecule has 0 bridgehead atoms. The lowest BCUT2D eigenvalue weighted by Gasteiger charge is -2.15. The monoisotopic (exact) mass is 335 g/mol. The second-order valence-corrected chi connectivity index (χ2v) is 6.06. The zero-order valence-corrected chi connectivity index (χ0v) is 14.0. The van der Waals surface area contributed by atoms with Crippen molar-refractivity contribution in [2.45, 2.75) is 19.4 Å². The van der Waals surface area contributed by atoms with Gasteiger partial charge in [0.25, 0.3) is 0 Å². The molecule has 23 heavy (non-hydrogen) atoms. The Balaban J connectivity index is 1.73. The summed E-state index contributed by atoms with van der Waals surface area (Å²) in [7, 11) is 1.55. The van der Waals surface area contributed by atoms with Crippen LogP contribution in [0, 0.1) is 6.92 Å². The summed E-state index contributed by atoms with van der Waals surface area (Å²) in [6.07, 6.45) is -0.134. The van der Waals surface area contributed by atoms with Crippen LogP contribution >= 0.6 is 11.3 Å². The van der Waals surface area contributed by atoms with Crippen molar-refractivity contribution in [3.8, 4) is 5.75 Å². The van der Waals surface area contributed by atoms with Crippen LogP contribution in [0.2, 0.25) is 0 Å². The average Bonchev–Trinajstić information content (AvgIpc) is 2.98. The molecule has 0 aliphatic carbocycles. The van der Waals surface area contributed by atoms with Gasteiger partial charge in [0.2, 0.25) is 0 Å². The number of carbonyl (C=O) groups excluding carboxylic acids is 1. The summed E-state index contributed by atoms with van der Waals surface area (Å²) in [6.45, 7) is 2.56. The zero-order chi connectivity index (χ0) is 16.7. The van der Waals surface area contributed by atoms with E-state index in [2.05, 4.69) is 15.6 Å². The topological polar surface area (TPSA) is 83.5 Å². The van der Waals surface area contributed by atoms with E-state index in [0.717, 1.165) is 10.7 Å². The maximum atomic E-state index is 11.7. The molecule has 0 aliphatic rings. The van der Waals surface area contributed by atoms with Crippen LogP contribution in [0.1, 0.15) is 22.4 Å². The first-order valence-electron chi connectivity index (χ1n) is 7.34. The molecule has 7 heteroatoms. The number of methoxy groups -OCH3 is 1. The molecule has 0 fully saturated rings. The number of amides is 2. The number of benzene rings is 1. The molecular formula is C16H21N3O3S. The van der Waals surface area contributed by atoms with Gasteiger partial charge in [-0.25, -0.2) is 9.78 Å². The van der Waals surface area contributed by atoms with Crippen molar-refractivity contribution in [3.63, 3.8) is 0 Å². The lowest BCUT2D eigenvalue weighted by atomic mass is 10.1. The number of nitrogens with one attached hydrogen (secondary N) is 2. The number of aromatic nitrogens is 1. The van der Waals surface area contributed by atoms with E-state index in [1.54, 1.807) is 30.6 Å². The van der Waals surface area contributed by atoms with Gasteiger partial charge in [-0.15, -0.1) is 11.3 Å². The van der Waals surface area contributed by atoms with Crippen LogP contribution < -0.4 is 15.4 Å². The quantitative estimate of drug-likeness (QED) is 0.723. The predicted octanol–water partition coefficient (Wildman–Crippen LogP) is 2.04. The number of aliphatic hydroxyl groups is 1. The van der Waals surface area contributed by atoms with Gasteiger partial charge in [0, 0.05) is 30.5 Å². The molecule has 0 saturated heterocycles. The van der Waals surface area contributed by atoms with Crippen molar-refractivity contribution in [2.24, 2.45) is 0 Å². The first kappa shape index (κ1) is 17.2. The van der Waals surface area contributed by atoms with Crippen molar-refractivity contribution in [1.29, 1.82) is 0 Å². The normalized spacial score (nSPS) is 11.8. The molecule has 0 aliphatic heterocycles. The lowest BCUT2D eigenvalue weighted by Crippen LogP contribution is -2.38. The van der Waals surface area contributed by atoms with Crippen molar-refractivity contribution in [3.05, 3.63) is 45.9 Å². The zero-order valence-electron chi connectivity index (χ0n) is 13.2. The third kappa shape index (κ3) is 5.22. The summed E-state index contributed by atoms with van der Waals surface area (Å²) < 4.78 is 5.19. The fourth-order valence-electron chi connectivity index (χ4n) is 2.13. The van der Waals surface area contributed by atoms with Gasteiger partial charge in [0.1, 0.15) is 5.75 Å². The summed E-state index contributed by atoms with van der Waals surface area (Å²) in [5, 5.41) is 18.6. The predicted molar refractivity (Wildman–Crippen MR) is 89.9 cm³/mol. The number of carbonyl (C=O) groups is 1. The summed E-state index contributed by atoms with van der Waals surface area (Å²) >= 11 is 1.59. The summed E-state index contributed by atoms with van der Waals surface area (Å²) in [6, 6.07) is 6.87. The maximum absolute atomic E-state index is 11.7. The third-order valence-corrected chi connectivity index (χ3v) is 4.11. The highest BCUT2D eigenvalue weighted by Gasteiger charge is 2.13. The summed E-state index contributed by atoms with van der Waals surface area (Å²) in [5.41, 5.74) is 1.62. The largest absolute Gasteiger partial charge is 0.496 e. The van der Waals surface area contributed by atoms with E-state index in [9.17, 15) is 9.90 Å². The number of aliphatic hydroxyl groups excluding tert-OH is 1. The van der Waals surface area contributed by atoms with E-state index < -0.39 is 6.10 Å². The molecule has 1 unspecified atom stereocenters. The van der Waals surface area contributed by atoms with Gasteiger partial charge in [0.15, 0.2) is 0 Å². The molecule has 6 nitrogen and oxygen atoms in total. The standard InChI is InChI=1S/C16H21N3O3S/c1-11-19-12(10-23-11)7-8-17-16(21)18-9-14(20)13-5-3-4-6-15(13)22-2/h3-6,10,14,20H,7-9H2,1-2H3,(H2,17,18,21). The Morgan fingerprint density at radius 3 is 2.87 bits per heavy atom. The van der Waals surface area contributed by atoms with Crippen molar-refractivity contribution in [2.75, 3.05) is 20.2 Å². The number of aryl methyl sites for hydroxylation is 1. The Hall–Kier alpha value is -2.12. The number of hydrogen-bond acceptors (Lipinski definition) is 5.